The molecule has 2 aromatic carbocycles. The van der Waals surface area contributed by atoms with E-state index in [2.05, 4.69) is 9.88 Å². The van der Waals surface area contributed by atoms with Gasteiger partial charge in [-0.05, 0) is 68.5 Å². The Kier molecular flexibility index (Phi) is 7.38. The lowest BCUT2D eigenvalue weighted by Crippen LogP contribution is -2.50. The highest BCUT2D eigenvalue weighted by molar-refractivity contribution is 7.89. The van der Waals surface area contributed by atoms with Gasteiger partial charge in [0.25, 0.3) is 5.19 Å². The number of nitrogens with zero attached hydrogens (tertiary/aromatic N) is 3. The quantitative estimate of drug-likeness (QED) is 0.446. The monoisotopic (exact) mass is 513 g/mol. The lowest BCUT2D eigenvalue weighted by molar-refractivity contribution is 0.0584. The summed E-state index contributed by atoms with van der Waals surface area (Å²) in [5.41, 5.74) is 1.03. The van der Waals surface area contributed by atoms with Crippen LogP contribution in [0.5, 0.6) is 16.7 Å². The fourth-order valence-electron chi connectivity index (χ4n) is 4.84. The molecule has 2 fully saturated rings. The SMILES string of the molecule is Cc1ccccc1Oc1ccc(S(=O)(=O)N2CCC(N3CCC(Oc4nccs4)CC3)CC2)cc1. The standard InChI is InChI=1S/C26H31N3O4S2/c1-20-4-2-3-5-25(20)32-22-6-8-24(9-7-22)35(30,31)29-17-10-21(11-18-29)28-15-12-23(13-16-28)33-26-27-14-19-34-26/h2-9,14,19,21,23H,10-13,15-18H2,1H3. The third-order valence-corrected chi connectivity index (χ3v) is 9.45. The molecule has 3 heterocycles. The van der Waals surface area contributed by atoms with Crippen molar-refractivity contribution >= 4 is 21.4 Å². The van der Waals surface area contributed by atoms with E-state index in [1.165, 1.54) is 11.3 Å². The predicted molar refractivity (Wildman–Crippen MR) is 137 cm³/mol. The van der Waals surface area contributed by atoms with Gasteiger partial charge in [-0.1, -0.05) is 29.5 Å². The molecule has 0 bridgehead atoms. The van der Waals surface area contributed by atoms with E-state index in [1.54, 1.807) is 34.8 Å². The molecule has 0 N–H and O–H groups in total. The molecule has 186 valence electrons. The minimum atomic E-state index is -3.52. The van der Waals surface area contributed by atoms with Crippen molar-refractivity contribution in [3.05, 3.63) is 65.7 Å². The second-order valence-electron chi connectivity index (χ2n) is 9.13. The van der Waals surface area contributed by atoms with Crippen LogP contribution in [0, 0.1) is 6.92 Å². The summed E-state index contributed by atoms with van der Waals surface area (Å²) in [6.07, 6.45) is 5.65. The third kappa shape index (κ3) is 5.69. The third-order valence-electron chi connectivity index (χ3n) is 6.88. The van der Waals surface area contributed by atoms with E-state index in [0.717, 1.165) is 55.3 Å². The van der Waals surface area contributed by atoms with Crippen molar-refractivity contribution in [3.8, 4) is 16.7 Å². The van der Waals surface area contributed by atoms with E-state index in [0.29, 0.717) is 29.8 Å². The summed E-state index contributed by atoms with van der Waals surface area (Å²) in [4.78, 5) is 7.03. The van der Waals surface area contributed by atoms with Gasteiger partial charge in [-0.25, -0.2) is 13.4 Å². The van der Waals surface area contributed by atoms with Crippen molar-refractivity contribution in [3.63, 3.8) is 0 Å². The number of thiazole rings is 1. The lowest BCUT2D eigenvalue weighted by atomic mass is 10.00. The Morgan fingerprint density at radius 2 is 1.66 bits per heavy atom. The Bertz CT molecular complexity index is 1200. The largest absolute Gasteiger partial charge is 0.467 e. The van der Waals surface area contributed by atoms with Gasteiger partial charge in [0.2, 0.25) is 10.0 Å². The van der Waals surface area contributed by atoms with Gasteiger partial charge in [-0.2, -0.15) is 4.31 Å². The van der Waals surface area contributed by atoms with Crippen LogP contribution < -0.4 is 9.47 Å². The highest BCUT2D eigenvalue weighted by atomic mass is 32.2. The number of piperidine rings is 2. The van der Waals surface area contributed by atoms with Gasteiger partial charge in [-0.3, -0.25) is 0 Å². The molecule has 7 nitrogen and oxygen atoms in total. The van der Waals surface area contributed by atoms with Gasteiger partial charge in [0.1, 0.15) is 17.6 Å². The number of para-hydroxylation sites is 1. The molecule has 0 spiro atoms. The Morgan fingerprint density at radius 3 is 2.31 bits per heavy atom. The summed E-state index contributed by atoms with van der Waals surface area (Å²) in [5.74, 6) is 1.39. The zero-order chi connectivity index (χ0) is 24.3. The molecule has 0 amide bonds. The van der Waals surface area contributed by atoms with Crippen LogP contribution in [0.1, 0.15) is 31.2 Å². The molecule has 2 saturated heterocycles. The molecule has 5 rings (SSSR count). The summed E-state index contributed by atoms with van der Waals surface area (Å²) >= 11 is 1.53. The molecule has 1 aromatic heterocycles. The van der Waals surface area contributed by atoms with E-state index in [9.17, 15) is 8.42 Å². The van der Waals surface area contributed by atoms with Gasteiger partial charge >= 0.3 is 0 Å². The van der Waals surface area contributed by atoms with Gasteiger partial charge in [0.05, 0.1) is 4.90 Å². The molecule has 2 aliphatic heterocycles. The number of aryl methyl sites for hydroxylation is 1. The number of likely N-dealkylation sites (tertiary alicyclic amines) is 1. The van der Waals surface area contributed by atoms with Crippen molar-refractivity contribution in [2.24, 2.45) is 0 Å². The highest BCUT2D eigenvalue weighted by Crippen LogP contribution is 2.29. The van der Waals surface area contributed by atoms with E-state index in [-0.39, 0.29) is 6.10 Å². The van der Waals surface area contributed by atoms with Gasteiger partial charge in [0.15, 0.2) is 0 Å². The van der Waals surface area contributed by atoms with Crippen molar-refractivity contribution in [2.45, 2.75) is 49.6 Å². The number of hydrogen-bond donors (Lipinski definition) is 0. The number of ether oxygens (including phenoxy) is 2. The average molecular weight is 514 g/mol. The Labute approximate surface area is 211 Å². The molecule has 2 aliphatic rings. The fraction of sp³-hybridized carbons (Fsp3) is 0.423. The molecule has 9 heteroatoms. The van der Waals surface area contributed by atoms with Crippen LogP contribution in [0.25, 0.3) is 0 Å². The molecule has 0 radical (unpaired) electrons. The van der Waals surface area contributed by atoms with Crippen LogP contribution in [-0.4, -0.2) is 60.9 Å². The minimum Gasteiger partial charge on any atom is -0.467 e. The second-order valence-corrected chi connectivity index (χ2v) is 11.9. The lowest BCUT2D eigenvalue weighted by Gasteiger charge is -2.41. The first-order chi connectivity index (χ1) is 17.0. The maximum atomic E-state index is 13.2. The van der Waals surface area contributed by atoms with Crippen LogP contribution in [0.15, 0.2) is 65.0 Å². The minimum absolute atomic E-state index is 0.218. The first-order valence-corrected chi connectivity index (χ1v) is 14.4. The molecule has 0 saturated carbocycles. The van der Waals surface area contributed by atoms with Crippen LogP contribution in [0.3, 0.4) is 0 Å². The smallest absolute Gasteiger partial charge is 0.273 e. The van der Waals surface area contributed by atoms with Crippen LogP contribution in [0.4, 0.5) is 0 Å². The molecule has 0 unspecified atom stereocenters. The molecule has 35 heavy (non-hydrogen) atoms. The highest BCUT2D eigenvalue weighted by Gasteiger charge is 2.33. The van der Waals surface area contributed by atoms with Crippen LogP contribution in [0.2, 0.25) is 0 Å². The maximum absolute atomic E-state index is 13.2. The molecule has 0 atom stereocenters. The van der Waals surface area contributed by atoms with Gasteiger partial charge in [-0.15, -0.1) is 0 Å². The molecule has 0 aliphatic carbocycles. The topological polar surface area (TPSA) is 72.0 Å². The van der Waals surface area contributed by atoms with Crippen molar-refractivity contribution in [2.75, 3.05) is 26.2 Å². The van der Waals surface area contributed by atoms with Crippen molar-refractivity contribution in [1.82, 2.24) is 14.2 Å². The van der Waals surface area contributed by atoms with Crippen LogP contribution in [-0.2, 0) is 10.0 Å². The van der Waals surface area contributed by atoms with Crippen molar-refractivity contribution < 1.29 is 17.9 Å². The first kappa shape index (κ1) is 24.2. The van der Waals surface area contributed by atoms with Gasteiger partial charge < -0.3 is 14.4 Å². The number of aromatic nitrogens is 1. The number of rotatable bonds is 7. The summed E-state index contributed by atoms with van der Waals surface area (Å²) in [6.45, 7) is 5.04. The van der Waals surface area contributed by atoms with Crippen molar-refractivity contribution in [1.29, 1.82) is 0 Å². The summed E-state index contributed by atoms with van der Waals surface area (Å²) in [6, 6.07) is 14.9. The summed E-state index contributed by atoms with van der Waals surface area (Å²) in [7, 11) is -3.52. The zero-order valence-corrected chi connectivity index (χ0v) is 21.5. The number of benzene rings is 2. The van der Waals surface area contributed by atoms with E-state index < -0.39 is 10.0 Å². The molecular weight excluding hydrogens is 482 g/mol. The average Bonchev–Trinajstić information content (AvgIpc) is 3.39. The van der Waals surface area contributed by atoms with Crippen LogP contribution >= 0.6 is 11.3 Å². The number of sulfonamides is 1. The van der Waals surface area contributed by atoms with E-state index in [1.807, 2.05) is 36.6 Å². The van der Waals surface area contributed by atoms with E-state index >= 15 is 0 Å². The maximum Gasteiger partial charge on any atom is 0.273 e. The molecular formula is C26H31N3O4S2. The summed E-state index contributed by atoms with van der Waals surface area (Å²) < 4.78 is 40.0. The second kappa shape index (κ2) is 10.7. The fourth-order valence-corrected chi connectivity index (χ4v) is 6.87. The summed E-state index contributed by atoms with van der Waals surface area (Å²) in [5, 5.41) is 2.68. The molecule has 3 aromatic rings. The zero-order valence-electron chi connectivity index (χ0n) is 19.9. The Balaban J connectivity index is 1.13. The normalized spacial score (nSPS) is 19.0. The number of hydrogen-bond acceptors (Lipinski definition) is 7. The Hall–Kier alpha value is -2.46. The first-order valence-electron chi connectivity index (χ1n) is 12.1. The Morgan fingerprint density at radius 1 is 0.943 bits per heavy atom. The van der Waals surface area contributed by atoms with E-state index in [4.69, 9.17) is 9.47 Å². The predicted octanol–water partition coefficient (Wildman–Crippen LogP) is 4.94. The van der Waals surface area contributed by atoms with Gasteiger partial charge in [0, 0.05) is 43.8 Å².